The number of aromatic nitrogens is 3. The molecular formula is C14H19N5OS. The van der Waals surface area contributed by atoms with Crippen molar-refractivity contribution in [2.45, 2.75) is 38.4 Å². The van der Waals surface area contributed by atoms with Gasteiger partial charge in [0.2, 0.25) is 0 Å². The van der Waals surface area contributed by atoms with E-state index in [1.165, 1.54) is 4.88 Å². The molecule has 7 heteroatoms. The van der Waals surface area contributed by atoms with Crippen LogP contribution in [0, 0.1) is 0 Å². The van der Waals surface area contributed by atoms with Crippen LogP contribution in [0.25, 0.3) is 0 Å². The first-order valence-electron chi connectivity index (χ1n) is 7.19. The van der Waals surface area contributed by atoms with Gasteiger partial charge in [-0.2, -0.15) is 0 Å². The molecule has 0 radical (unpaired) electrons. The molecule has 0 bridgehead atoms. The van der Waals surface area contributed by atoms with Gasteiger partial charge < -0.3 is 10.6 Å². The van der Waals surface area contributed by atoms with Gasteiger partial charge in [-0.15, -0.1) is 16.4 Å². The van der Waals surface area contributed by atoms with Crippen molar-refractivity contribution >= 4 is 17.2 Å². The van der Waals surface area contributed by atoms with E-state index < -0.39 is 0 Å². The van der Waals surface area contributed by atoms with Crippen molar-refractivity contribution in [3.63, 3.8) is 0 Å². The number of thiophene rings is 1. The van der Waals surface area contributed by atoms with E-state index in [9.17, 15) is 4.79 Å². The fourth-order valence-electron chi connectivity index (χ4n) is 2.53. The monoisotopic (exact) mass is 305 g/mol. The molecule has 2 unspecified atom stereocenters. The summed E-state index contributed by atoms with van der Waals surface area (Å²) >= 11 is 1.67. The van der Waals surface area contributed by atoms with Crippen LogP contribution in [0.4, 0.5) is 0 Å². The highest BCUT2D eigenvalue weighted by Crippen LogP contribution is 2.11. The largest absolute Gasteiger partial charge is 0.346 e. The van der Waals surface area contributed by atoms with Crippen LogP contribution in [0.15, 0.2) is 23.7 Å². The van der Waals surface area contributed by atoms with Crippen molar-refractivity contribution in [2.24, 2.45) is 0 Å². The van der Waals surface area contributed by atoms with Crippen LogP contribution in [0.3, 0.4) is 0 Å². The molecule has 0 aliphatic carbocycles. The molecule has 1 amide bonds. The van der Waals surface area contributed by atoms with Crippen LogP contribution >= 0.6 is 11.3 Å². The van der Waals surface area contributed by atoms with Crippen LogP contribution in [0.2, 0.25) is 0 Å². The van der Waals surface area contributed by atoms with Crippen LogP contribution in [-0.2, 0) is 6.54 Å². The topological polar surface area (TPSA) is 71.8 Å². The van der Waals surface area contributed by atoms with E-state index in [2.05, 4.69) is 27.9 Å². The first kappa shape index (κ1) is 14.2. The summed E-state index contributed by atoms with van der Waals surface area (Å²) in [5, 5.41) is 16.4. The number of rotatable bonds is 4. The van der Waals surface area contributed by atoms with Crippen molar-refractivity contribution in [3.05, 3.63) is 34.3 Å². The van der Waals surface area contributed by atoms with Crippen LogP contribution in [0.1, 0.15) is 35.1 Å². The molecule has 3 heterocycles. The number of carbonyl (C=O) groups is 1. The zero-order valence-electron chi connectivity index (χ0n) is 12.0. The molecule has 3 rings (SSSR count). The van der Waals surface area contributed by atoms with Gasteiger partial charge in [0.05, 0.1) is 12.7 Å². The van der Waals surface area contributed by atoms with Gasteiger partial charge in [-0.05, 0) is 37.8 Å². The zero-order valence-corrected chi connectivity index (χ0v) is 12.8. The number of nitrogens with zero attached hydrogens (tertiary/aromatic N) is 3. The van der Waals surface area contributed by atoms with Crippen molar-refractivity contribution in [3.8, 4) is 0 Å². The van der Waals surface area contributed by atoms with E-state index in [0.717, 1.165) is 19.4 Å². The number of carbonyl (C=O) groups excluding carboxylic acids is 1. The smallest absolute Gasteiger partial charge is 0.273 e. The molecule has 2 aromatic heterocycles. The molecule has 2 N–H and O–H groups in total. The Hall–Kier alpha value is -1.73. The van der Waals surface area contributed by atoms with Gasteiger partial charge in [0, 0.05) is 17.0 Å². The third-order valence-corrected chi connectivity index (χ3v) is 4.61. The third-order valence-electron chi connectivity index (χ3n) is 3.75. The maximum absolute atomic E-state index is 12.2. The Morgan fingerprint density at radius 3 is 3.29 bits per heavy atom. The number of hydrogen-bond acceptors (Lipinski definition) is 5. The zero-order chi connectivity index (χ0) is 14.7. The molecule has 1 fully saturated rings. The lowest BCUT2D eigenvalue weighted by Crippen LogP contribution is -2.51. The van der Waals surface area contributed by atoms with Gasteiger partial charge >= 0.3 is 0 Å². The minimum atomic E-state index is -0.145. The highest BCUT2D eigenvalue weighted by Gasteiger charge is 2.23. The van der Waals surface area contributed by atoms with Crippen molar-refractivity contribution in [1.29, 1.82) is 0 Å². The Morgan fingerprint density at radius 1 is 1.62 bits per heavy atom. The van der Waals surface area contributed by atoms with Gasteiger partial charge in [-0.3, -0.25) is 4.79 Å². The summed E-state index contributed by atoms with van der Waals surface area (Å²) in [5.74, 6) is -0.145. The van der Waals surface area contributed by atoms with Gasteiger partial charge in [0.15, 0.2) is 5.69 Å². The first-order valence-corrected chi connectivity index (χ1v) is 8.07. The van der Waals surface area contributed by atoms with Gasteiger partial charge in [-0.1, -0.05) is 11.3 Å². The quantitative estimate of drug-likeness (QED) is 0.892. The lowest BCUT2D eigenvalue weighted by Gasteiger charge is -2.30. The lowest BCUT2D eigenvalue weighted by molar-refractivity contribution is 0.0914. The molecule has 6 nitrogen and oxygen atoms in total. The standard InChI is InChI=1S/C14H19N5OS/c1-10-12(5-2-6-15-10)16-14(20)13-9-19(18-17-13)8-11-4-3-7-21-11/h3-4,7,9-10,12,15H,2,5-6,8H2,1H3,(H,16,20). The summed E-state index contributed by atoms with van der Waals surface area (Å²) in [7, 11) is 0. The normalized spacial score (nSPS) is 22.1. The second-order valence-electron chi connectivity index (χ2n) is 5.35. The maximum Gasteiger partial charge on any atom is 0.273 e. The molecular weight excluding hydrogens is 286 g/mol. The Morgan fingerprint density at radius 2 is 2.52 bits per heavy atom. The van der Waals surface area contributed by atoms with E-state index in [1.807, 2.05) is 17.5 Å². The number of amides is 1. The molecule has 1 saturated heterocycles. The van der Waals surface area contributed by atoms with E-state index >= 15 is 0 Å². The van der Waals surface area contributed by atoms with Crippen LogP contribution in [0.5, 0.6) is 0 Å². The average molecular weight is 305 g/mol. The molecule has 0 aromatic carbocycles. The highest BCUT2D eigenvalue weighted by atomic mass is 32.1. The molecule has 0 spiro atoms. The van der Waals surface area contributed by atoms with Crippen LogP contribution in [-0.4, -0.2) is 39.5 Å². The maximum atomic E-state index is 12.2. The highest BCUT2D eigenvalue weighted by molar-refractivity contribution is 7.09. The Balaban J connectivity index is 1.61. The molecule has 2 aromatic rings. The molecule has 0 saturated carbocycles. The van der Waals surface area contributed by atoms with Gasteiger partial charge in [-0.25, -0.2) is 4.68 Å². The lowest BCUT2D eigenvalue weighted by atomic mass is 10.00. The number of nitrogens with one attached hydrogen (secondary N) is 2. The molecule has 1 aliphatic heterocycles. The molecule has 21 heavy (non-hydrogen) atoms. The van der Waals surface area contributed by atoms with Crippen LogP contribution < -0.4 is 10.6 Å². The summed E-state index contributed by atoms with van der Waals surface area (Å²) in [5.41, 5.74) is 0.379. The first-order chi connectivity index (χ1) is 10.2. The second kappa shape index (κ2) is 6.36. The average Bonchev–Trinajstić information content (AvgIpc) is 3.13. The molecule has 1 aliphatic rings. The van der Waals surface area contributed by atoms with Gasteiger partial charge in [0.1, 0.15) is 0 Å². The summed E-state index contributed by atoms with van der Waals surface area (Å²) in [6.07, 6.45) is 3.79. The van der Waals surface area contributed by atoms with Crippen molar-refractivity contribution in [1.82, 2.24) is 25.6 Å². The van der Waals surface area contributed by atoms with E-state index in [1.54, 1.807) is 22.2 Å². The fraction of sp³-hybridized carbons (Fsp3) is 0.500. The molecule has 2 atom stereocenters. The molecule has 112 valence electrons. The third kappa shape index (κ3) is 3.48. The SMILES string of the molecule is CC1NCCCC1NC(=O)c1cn(Cc2cccs2)nn1. The summed E-state index contributed by atoms with van der Waals surface area (Å²) in [4.78, 5) is 13.4. The Labute approximate surface area is 127 Å². The van der Waals surface area contributed by atoms with E-state index in [0.29, 0.717) is 18.3 Å². The minimum absolute atomic E-state index is 0.145. The second-order valence-corrected chi connectivity index (χ2v) is 6.38. The van der Waals surface area contributed by atoms with E-state index in [4.69, 9.17) is 0 Å². The summed E-state index contributed by atoms with van der Waals surface area (Å²) < 4.78 is 1.70. The predicted octanol–water partition coefficient (Wildman–Crippen LogP) is 1.26. The van der Waals surface area contributed by atoms with E-state index in [-0.39, 0.29) is 11.9 Å². The summed E-state index contributed by atoms with van der Waals surface area (Å²) in [6, 6.07) is 4.50. The van der Waals surface area contributed by atoms with Gasteiger partial charge in [0.25, 0.3) is 5.91 Å². The predicted molar refractivity (Wildman–Crippen MR) is 81.4 cm³/mol. The van der Waals surface area contributed by atoms with Crippen molar-refractivity contribution < 1.29 is 4.79 Å². The Bertz CT molecular complexity index is 594. The summed E-state index contributed by atoms with van der Waals surface area (Å²) in [6.45, 7) is 3.77. The van der Waals surface area contributed by atoms with Crippen molar-refractivity contribution in [2.75, 3.05) is 6.54 Å². The minimum Gasteiger partial charge on any atom is -0.346 e. The fourth-order valence-corrected chi connectivity index (χ4v) is 3.22. The number of hydrogen-bond donors (Lipinski definition) is 2. The number of piperidine rings is 1. The Kier molecular flexibility index (Phi) is 4.31.